The van der Waals surface area contributed by atoms with Crippen molar-refractivity contribution in [1.82, 2.24) is 5.32 Å². The van der Waals surface area contributed by atoms with Gasteiger partial charge in [-0.15, -0.1) is 0 Å². The molecule has 0 aromatic heterocycles. The predicted molar refractivity (Wildman–Crippen MR) is 69.0 cm³/mol. The highest BCUT2D eigenvalue weighted by atomic mass is 16.5. The Labute approximate surface area is 107 Å². The van der Waals surface area contributed by atoms with Crippen LogP contribution in [0, 0.1) is 6.92 Å². The zero-order chi connectivity index (χ0) is 13.5. The number of carbonyl (C=O) groups is 2. The Hall–Kier alpha value is -2.10. The van der Waals surface area contributed by atoms with Crippen molar-refractivity contribution in [2.45, 2.75) is 20.8 Å². The van der Waals surface area contributed by atoms with Gasteiger partial charge in [-0.1, -0.05) is 18.2 Å². The van der Waals surface area contributed by atoms with Gasteiger partial charge in [0.15, 0.2) is 0 Å². The highest BCUT2D eigenvalue weighted by Crippen LogP contribution is 2.07. The van der Waals surface area contributed by atoms with Gasteiger partial charge in [0.1, 0.15) is 0 Å². The maximum Gasteiger partial charge on any atom is 0.332 e. The number of aryl methyl sites for hydroxylation is 1. The Morgan fingerprint density at radius 2 is 2.00 bits per heavy atom. The van der Waals surface area contributed by atoms with E-state index >= 15 is 0 Å². The fourth-order valence-corrected chi connectivity index (χ4v) is 1.47. The first kappa shape index (κ1) is 14.0. The topological polar surface area (TPSA) is 55.4 Å². The van der Waals surface area contributed by atoms with Gasteiger partial charge in [-0.3, -0.25) is 4.79 Å². The third-order valence-electron chi connectivity index (χ3n) is 2.32. The van der Waals surface area contributed by atoms with E-state index in [-0.39, 0.29) is 5.91 Å². The van der Waals surface area contributed by atoms with Crippen molar-refractivity contribution in [3.8, 4) is 0 Å². The van der Waals surface area contributed by atoms with Gasteiger partial charge < -0.3 is 10.1 Å². The zero-order valence-electron chi connectivity index (χ0n) is 10.8. The van der Waals surface area contributed by atoms with Gasteiger partial charge in [0.2, 0.25) is 0 Å². The predicted octanol–water partition coefficient (Wildman–Crippen LogP) is 2.19. The molecule has 0 saturated carbocycles. The smallest absolute Gasteiger partial charge is 0.332 e. The lowest BCUT2D eigenvalue weighted by atomic mass is 10.1. The summed E-state index contributed by atoms with van der Waals surface area (Å²) < 4.78 is 4.76. The second kappa shape index (κ2) is 6.59. The second-order valence-corrected chi connectivity index (χ2v) is 3.85. The normalized spacial score (nSPS) is 10.9. The van der Waals surface area contributed by atoms with Crippen molar-refractivity contribution in [3.63, 3.8) is 0 Å². The van der Waals surface area contributed by atoms with Crippen LogP contribution in [-0.2, 0) is 9.53 Å². The molecular weight excluding hydrogens is 230 g/mol. The monoisotopic (exact) mass is 247 g/mol. The number of hydrogen-bond acceptors (Lipinski definition) is 3. The maximum absolute atomic E-state index is 11.9. The number of ether oxygens (including phenoxy) is 1. The first-order valence-corrected chi connectivity index (χ1v) is 5.76. The molecule has 0 saturated heterocycles. The molecule has 1 rings (SSSR count). The van der Waals surface area contributed by atoms with Crippen molar-refractivity contribution in [3.05, 3.63) is 47.2 Å². The van der Waals surface area contributed by atoms with E-state index in [4.69, 9.17) is 4.74 Å². The molecule has 1 aromatic carbocycles. The Kier molecular flexibility index (Phi) is 5.11. The fraction of sp³-hybridized carbons (Fsp3) is 0.286. The summed E-state index contributed by atoms with van der Waals surface area (Å²) in [6.07, 6.45) is 1.26. The van der Waals surface area contributed by atoms with Gasteiger partial charge in [-0.2, -0.15) is 0 Å². The Morgan fingerprint density at radius 1 is 1.33 bits per heavy atom. The number of carbonyl (C=O) groups excluding carboxylic acids is 2. The van der Waals surface area contributed by atoms with Crippen LogP contribution in [0.2, 0.25) is 0 Å². The van der Waals surface area contributed by atoms with E-state index in [0.717, 1.165) is 5.56 Å². The number of benzene rings is 1. The van der Waals surface area contributed by atoms with Gasteiger partial charge in [0.05, 0.1) is 6.61 Å². The Bertz CT molecular complexity index is 478. The molecule has 4 nitrogen and oxygen atoms in total. The van der Waals surface area contributed by atoms with Crippen molar-refractivity contribution in [2.75, 3.05) is 6.61 Å². The molecule has 0 fully saturated rings. The van der Waals surface area contributed by atoms with Crippen molar-refractivity contribution in [1.29, 1.82) is 0 Å². The number of amides is 1. The summed E-state index contributed by atoms with van der Waals surface area (Å²) >= 11 is 0. The molecule has 0 unspecified atom stereocenters. The standard InChI is InChI=1S/C14H17NO3/c1-4-18-13(16)9-11(3)15-14(17)12-8-6-5-7-10(12)2/h5-9H,4H2,1-3H3,(H,15,17). The van der Waals surface area contributed by atoms with E-state index in [2.05, 4.69) is 5.32 Å². The van der Waals surface area contributed by atoms with E-state index in [9.17, 15) is 9.59 Å². The SMILES string of the molecule is CCOC(=O)C=C(C)NC(=O)c1ccccc1C. The molecule has 0 radical (unpaired) electrons. The quantitative estimate of drug-likeness (QED) is 0.655. The van der Waals surface area contributed by atoms with Crippen LogP contribution in [0.4, 0.5) is 0 Å². The van der Waals surface area contributed by atoms with Gasteiger partial charge >= 0.3 is 5.97 Å². The van der Waals surface area contributed by atoms with Crippen LogP contribution < -0.4 is 5.32 Å². The van der Waals surface area contributed by atoms with E-state index < -0.39 is 5.97 Å². The molecule has 0 bridgehead atoms. The van der Waals surface area contributed by atoms with E-state index in [1.165, 1.54) is 6.08 Å². The summed E-state index contributed by atoms with van der Waals surface area (Å²) in [7, 11) is 0. The van der Waals surface area contributed by atoms with Crippen LogP contribution in [0.25, 0.3) is 0 Å². The van der Waals surface area contributed by atoms with Gasteiger partial charge in [0, 0.05) is 17.3 Å². The highest BCUT2D eigenvalue weighted by molar-refractivity contribution is 5.97. The summed E-state index contributed by atoms with van der Waals surface area (Å²) in [6.45, 7) is 5.55. The lowest BCUT2D eigenvalue weighted by Crippen LogP contribution is -2.23. The van der Waals surface area contributed by atoms with E-state index in [1.807, 2.05) is 19.1 Å². The van der Waals surface area contributed by atoms with Crippen molar-refractivity contribution >= 4 is 11.9 Å². The molecule has 0 aliphatic heterocycles. The zero-order valence-corrected chi connectivity index (χ0v) is 10.8. The maximum atomic E-state index is 11.9. The van der Waals surface area contributed by atoms with Crippen LogP contribution >= 0.6 is 0 Å². The molecule has 0 atom stereocenters. The lowest BCUT2D eigenvalue weighted by Gasteiger charge is -2.07. The average molecular weight is 247 g/mol. The largest absolute Gasteiger partial charge is 0.463 e. The third kappa shape index (κ3) is 4.05. The summed E-state index contributed by atoms with van der Waals surface area (Å²) in [6, 6.07) is 7.27. The van der Waals surface area contributed by atoms with Crippen LogP contribution in [0.3, 0.4) is 0 Å². The molecular formula is C14H17NO3. The summed E-state index contributed by atoms with van der Waals surface area (Å²) in [5.74, 6) is -0.689. The number of nitrogens with one attached hydrogen (secondary N) is 1. The summed E-state index contributed by atoms with van der Waals surface area (Å²) in [5.41, 5.74) is 1.94. The molecule has 1 N–H and O–H groups in total. The second-order valence-electron chi connectivity index (χ2n) is 3.85. The molecule has 0 spiro atoms. The minimum atomic E-state index is -0.458. The first-order valence-electron chi connectivity index (χ1n) is 5.76. The number of allylic oxidation sites excluding steroid dienone is 1. The first-order chi connectivity index (χ1) is 8.54. The molecule has 18 heavy (non-hydrogen) atoms. The van der Waals surface area contributed by atoms with Crippen molar-refractivity contribution in [2.24, 2.45) is 0 Å². The van der Waals surface area contributed by atoms with Crippen LogP contribution in [0.5, 0.6) is 0 Å². The van der Waals surface area contributed by atoms with Crippen LogP contribution in [0.15, 0.2) is 36.0 Å². The fourth-order valence-electron chi connectivity index (χ4n) is 1.47. The minimum absolute atomic E-state index is 0.230. The number of rotatable bonds is 4. The molecule has 0 aliphatic carbocycles. The Morgan fingerprint density at radius 3 is 2.61 bits per heavy atom. The average Bonchev–Trinajstić information content (AvgIpc) is 2.29. The van der Waals surface area contributed by atoms with Crippen molar-refractivity contribution < 1.29 is 14.3 Å². The number of esters is 1. The molecule has 1 amide bonds. The Balaban J connectivity index is 2.71. The van der Waals surface area contributed by atoms with Gasteiger partial charge in [0.25, 0.3) is 5.91 Å². The highest BCUT2D eigenvalue weighted by Gasteiger charge is 2.08. The summed E-state index contributed by atoms with van der Waals surface area (Å²) in [5, 5.41) is 2.65. The molecule has 4 heteroatoms. The van der Waals surface area contributed by atoms with E-state index in [1.54, 1.807) is 26.0 Å². The lowest BCUT2D eigenvalue weighted by molar-refractivity contribution is -0.137. The molecule has 0 heterocycles. The minimum Gasteiger partial charge on any atom is -0.463 e. The number of hydrogen-bond donors (Lipinski definition) is 1. The summed E-state index contributed by atoms with van der Waals surface area (Å²) in [4.78, 5) is 23.1. The van der Waals surface area contributed by atoms with Crippen LogP contribution in [0.1, 0.15) is 29.8 Å². The molecule has 1 aromatic rings. The van der Waals surface area contributed by atoms with Gasteiger partial charge in [-0.05, 0) is 32.4 Å². The third-order valence-corrected chi connectivity index (χ3v) is 2.32. The molecule has 96 valence electrons. The van der Waals surface area contributed by atoms with Gasteiger partial charge in [-0.25, -0.2) is 4.79 Å². The molecule has 0 aliphatic rings. The van der Waals surface area contributed by atoms with Crippen LogP contribution in [-0.4, -0.2) is 18.5 Å². The van der Waals surface area contributed by atoms with E-state index in [0.29, 0.717) is 17.9 Å².